The molecule has 1 heterocycles. The van der Waals surface area contributed by atoms with Crippen LogP contribution in [0.3, 0.4) is 0 Å². The van der Waals surface area contributed by atoms with Crippen LogP contribution in [-0.2, 0) is 13.1 Å². The Morgan fingerprint density at radius 1 is 1.17 bits per heavy atom. The van der Waals surface area contributed by atoms with Crippen molar-refractivity contribution in [1.82, 2.24) is 20.1 Å². The van der Waals surface area contributed by atoms with E-state index in [0.29, 0.717) is 29.2 Å². The molecule has 0 unspecified atom stereocenters. The standard InChI is InChI=1S/C18H18N4OS/c1-13-7-9-15(10-8-13)17(23)19-11-16-20-21-18(24)22(16)12-14-5-3-2-4-6-14/h2-10H,11-12H2,1H3,(H,19,23)(H,21,24). The average molecular weight is 338 g/mol. The van der Waals surface area contributed by atoms with Gasteiger partial charge in [0.25, 0.3) is 5.91 Å². The molecule has 0 spiro atoms. The van der Waals surface area contributed by atoms with Crippen LogP contribution in [0.4, 0.5) is 0 Å². The summed E-state index contributed by atoms with van der Waals surface area (Å²) in [4.78, 5) is 12.2. The lowest BCUT2D eigenvalue weighted by Gasteiger charge is -2.08. The summed E-state index contributed by atoms with van der Waals surface area (Å²) in [6.07, 6.45) is 0. The molecule has 0 saturated carbocycles. The van der Waals surface area contributed by atoms with Gasteiger partial charge in [-0.3, -0.25) is 14.5 Å². The number of hydrogen-bond acceptors (Lipinski definition) is 3. The molecule has 1 amide bonds. The molecule has 5 nitrogen and oxygen atoms in total. The van der Waals surface area contributed by atoms with Crippen molar-refractivity contribution in [2.45, 2.75) is 20.0 Å². The van der Waals surface area contributed by atoms with Gasteiger partial charge in [0.05, 0.1) is 13.1 Å². The molecule has 3 rings (SSSR count). The van der Waals surface area contributed by atoms with Crippen LogP contribution < -0.4 is 5.32 Å². The minimum Gasteiger partial charge on any atom is -0.345 e. The zero-order valence-electron chi connectivity index (χ0n) is 13.3. The second-order valence-electron chi connectivity index (χ2n) is 5.57. The van der Waals surface area contributed by atoms with E-state index >= 15 is 0 Å². The number of aryl methyl sites for hydroxylation is 1. The first-order valence-corrected chi connectivity index (χ1v) is 8.07. The van der Waals surface area contributed by atoms with Crippen molar-refractivity contribution >= 4 is 18.1 Å². The third-order valence-corrected chi connectivity index (χ3v) is 4.05. The van der Waals surface area contributed by atoms with Gasteiger partial charge in [-0.05, 0) is 36.8 Å². The van der Waals surface area contributed by atoms with Crippen LogP contribution >= 0.6 is 12.2 Å². The Bertz CT molecular complexity index is 881. The number of nitrogens with zero attached hydrogens (tertiary/aromatic N) is 2. The Kier molecular flexibility index (Phi) is 4.86. The van der Waals surface area contributed by atoms with E-state index in [1.807, 2.05) is 66.1 Å². The molecule has 0 saturated heterocycles. The smallest absolute Gasteiger partial charge is 0.251 e. The first kappa shape index (κ1) is 16.1. The number of carbonyl (C=O) groups is 1. The lowest BCUT2D eigenvalue weighted by molar-refractivity contribution is 0.0949. The summed E-state index contributed by atoms with van der Waals surface area (Å²) in [6.45, 7) is 2.92. The molecule has 2 aromatic carbocycles. The van der Waals surface area contributed by atoms with Crippen molar-refractivity contribution in [2.75, 3.05) is 0 Å². The van der Waals surface area contributed by atoms with Crippen molar-refractivity contribution in [3.05, 3.63) is 81.9 Å². The van der Waals surface area contributed by atoms with Crippen LogP contribution in [0.15, 0.2) is 54.6 Å². The Balaban J connectivity index is 1.71. The summed E-state index contributed by atoms with van der Waals surface area (Å²) < 4.78 is 2.43. The van der Waals surface area contributed by atoms with Crippen molar-refractivity contribution < 1.29 is 4.79 Å². The molecule has 0 radical (unpaired) electrons. The molecule has 0 atom stereocenters. The molecule has 122 valence electrons. The molecule has 0 bridgehead atoms. The quantitative estimate of drug-likeness (QED) is 0.702. The molecule has 24 heavy (non-hydrogen) atoms. The Labute approximate surface area is 145 Å². The Morgan fingerprint density at radius 2 is 1.88 bits per heavy atom. The second kappa shape index (κ2) is 7.23. The molecule has 0 aliphatic heterocycles. The lowest BCUT2D eigenvalue weighted by Crippen LogP contribution is -2.25. The molecule has 0 aliphatic carbocycles. The highest BCUT2D eigenvalue weighted by molar-refractivity contribution is 7.71. The number of aromatic amines is 1. The molecule has 0 fully saturated rings. The molecule has 6 heteroatoms. The van der Waals surface area contributed by atoms with Gasteiger partial charge < -0.3 is 5.32 Å². The van der Waals surface area contributed by atoms with Crippen molar-refractivity contribution in [3.8, 4) is 0 Å². The number of rotatable bonds is 5. The van der Waals surface area contributed by atoms with E-state index in [0.717, 1.165) is 11.1 Å². The highest BCUT2D eigenvalue weighted by Crippen LogP contribution is 2.07. The fraction of sp³-hybridized carbons (Fsp3) is 0.167. The summed E-state index contributed by atoms with van der Waals surface area (Å²) in [7, 11) is 0. The van der Waals surface area contributed by atoms with Gasteiger partial charge in [-0.1, -0.05) is 48.0 Å². The number of carbonyl (C=O) groups excluding carboxylic acids is 1. The maximum Gasteiger partial charge on any atom is 0.251 e. The predicted octanol–water partition coefficient (Wildman–Crippen LogP) is 3.23. The highest BCUT2D eigenvalue weighted by Gasteiger charge is 2.10. The van der Waals surface area contributed by atoms with E-state index in [9.17, 15) is 4.79 Å². The first-order chi connectivity index (χ1) is 11.6. The van der Waals surface area contributed by atoms with Crippen LogP contribution in [0.1, 0.15) is 27.3 Å². The van der Waals surface area contributed by atoms with Crippen LogP contribution in [-0.4, -0.2) is 20.7 Å². The predicted molar refractivity (Wildman–Crippen MR) is 95.3 cm³/mol. The number of benzene rings is 2. The minimum absolute atomic E-state index is 0.129. The summed E-state index contributed by atoms with van der Waals surface area (Å²) >= 11 is 5.29. The van der Waals surface area contributed by atoms with Gasteiger partial charge in [-0.15, -0.1) is 0 Å². The average Bonchev–Trinajstić information content (AvgIpc) is 2.94. The topological polar surface area (TPSA) is 62.7 Å². The summed E-state index contributed by atoms with van der Waals surface area (Å²) in [5, 5.41) is 9.90. The summed E-state index contributed by atoms with van der Waals surface area (Å²) in [6, 6.07) is 17.5. The number of nitrogens with one attached hydrogen (secondary N) is 2. The number of hydrogen-bond donors (Lipinski definition) is 2. The molecular formula is C18H18N4OS. The fourth-order valence-electron chi connectivity index (χ4n) is 2.38. The molecule has 1 aromatic heterocycles. The monoisotopic (exact) mass is 338 g/mol. The van der Waals surface area contributed by atoms with Gasteiger partial charge in [0, 0.05) is 5.56 Å². The van der Waals surface area contributed by atoms with Crippen molar-refractivity contribution in [1.29, 1.82) is 0 Å². The van der Waals surface area contributed by atoms with Gasteiger partial charge in [0.2, 0.25) is 0 Å². The third kappa shape index (κ3) is 3.78. The normalized spacial score (nSPS) is 10.5. The van der Waals surface area contributed by atoms with E-state index in [-0.39, 0.29) is 5.91 Å². The first-order valence-electron chi connectivity index (χ1n) is 7.66. The van der Waals surface area contributed by atoms with E-state index in [1.54, 1.807) is 0 Å². The van der Waals surface area contributed by atoms with Gasteiger partial charge in [0.15, 0.2) is 10.6 Å². The zero-order chi connectivity index (χ0) is 16.9. The van der Waals surface area contributed by atoms with Crippen LogP contribution in [0.5, 0.6) is 0 Å². The lowest BCUT2D eigenvalue weighted by atomic mass is 10.1. The molecule has 3 aromatic rings. The SMILES string of the molecule is Cc1ccc(C(=O)NCc2n[nH]c(=S)n2Cc2ccccc2)cc1. The van der Waals surface area contributed by atoms with Crippen LogP contribution in [0.25, 0.3) is 0 Å². The van der Waals surface area contributed by atoms with Crippen LogP contribution in [0, 0.1) is 11.7 Å². The summed E-state index contributed by atoms with van der Waals surface area (Å²) in [5.74, 6) is 0.569. The van der Waals surface area contributed by atoms with E-state index in [1.165, 1.54) is 0 Å². The van der Waals surface area contributed by atoms with E-state index in [4.69, 9.17) is 12.2 Å². The number of H-pyrrole nitrogens is 1. The largest absolute Gasteiger partial charge is 0.345 e. The zero-order valence-corrected chi connectivity index (χ0v) is 14.1. The van der Waals surface area contributed by atoms with Gasteiger partial charge in [-0.2, -0.15) is 5.10 Å². The molecule has 2 N–H and O–H groups in total. The van der Waals surface area contributed by atoms with Crippen molar-refractivity contribution in [3.63, 3.8) is 0 Å². The number of amides is 1. The minimum atomic E-state index is -0.129. The van der Waals surface area contributed by atoms with Gasteiger partial charge in [0.1, 0.15) is 0 Å². The Hall–Kier alpha value is -2.73. The Morgan fingerprint density at radius 3 is 2.58 bits per heavy atom. The highest BCUT2D eigenvalue weighted by atomic mass is 32.1. The molecule has 0 aliphatic rings. The van der Waals surface area contributed by atoms with E-state index in [2.05, 4.69) is 15.5 Å². The van der Waals surface area contributed by atoms with Crippen molar-refractivity contribution in [2.24, 2.45) is 0 Å². The maximum atomic E-state index is 12.2. The fourth-order valence-corrected chi connectivity index (χ4v) is 2.60. The maximum absolute atomic E-state index is 12.2. The summed E-state index contributed by atoms with van der Waals surface area (Å²) in [5.41, 5.74) is 2.88. The van der Waals surface area contributed by atoms with Gasteiger partial charge in [-0.25, -0.2) is 0 Å². The second-order valence-corrected chi connectivity index (χ2v) is 5.95. The third-order valence-electron chi connectivity index (χ3n) is 3.74. The van der Waals surface area contributed by atoms with E-state index < -0.39 is 0 Å². The molecular weight excluding hydrogens is 320 g/mol. The van der Waals surface area contributed by atoms with Crippen LogP contribution in [0.2, 0.25) is 0 Å². The number of aromatic nitrogens is 3. The van der Waals surface area contributed by atoms with Gasteiger partial charge >= 0.3 is 0 Å².